The first-order valence-corrected chi connectivity index (χ1v) is 15.4. The van der Waals surface area contributed by atoms with Gasteiger partial charge >= 0.3 is 0 Å². The number of rotatable bonds is 6. The Morgan fingerprint density at radius 3 is 2.62 bits per heavy atom. The number of hydrogen-bond donors (Lipinski definition) is 2. The summed E-state index contributed by atoms with van der Waals surface area (Å²) >= 11 is 1.70. The SMILES string of the molecule is CC(C)C(=O)c1cc2cnc(Nc3ccc(N4C[C@@H](C)N[C@@H](C)C4)c(F)c3)nc2n(C2CSc3ccccc3C2)c1=O. The summed E-state index contributed by atoms with van der Waals surface area (Å²) in [5.41, 5.74) is 2.49. The highest BCUT2D eigenvalue weighted by Crippen LogP contribution is 2.36. The molecule has 1 unspecified atom stereocenters. The molecule has 42 heavy (non-hydrogen) atoms. The van der Waals surface area contributed by atoms with Crippen molar-refractivity contribution in [2.24, 2.45) is 5.92 Å². The number of thioether (sulfide) groups is 1. The van der Waals surface area contributed by atoms with Crippen molar-refractivity contribution < 1.29 is 9.18 Å². The van der Waals surface area contributed by atoms with Gasteiger partial charge in [-0.15, -0.1) is 11.8 Å². The van der Waals surface area contributed by atoms with Gasteiger partial charge in [-0.3, -0.25) is 14.2 Å². The van der Waals surface area contributed by atoms with E-state index >= 15 is 4.39 Å². The lowest BCUT2D eigenvalue weighted by Crippen LogP contribution is -2.54. The summed E-state index contributed by atoms with van der Waals surface area (Å²) in [4.78, 5) is 39.4. The van der Waals surface area contributed by atoms with E-state index in [0.717, 1.165) is 18.7 Å². The zero-order valence-corrected chi connectivity index (χ0v) is 25.0. The number of nitrogens with zero attached hydrogens (tertiary/aromatic N) is 4. The Balaban J connectivity index is 1.36. The molecule has 0 bridgehead atoms. The van der Waals surface area contributed by atoms with Crippen LogP contribution in [0.5, 0.6) is 0 Å². The Kier molecular flexibility index (Phi) is 7.76. The summed E-state index contributed by atoms with van der Waals surface area (Å²) in [6.45, 7) is 9.23. The zero-order chi connectivity index (χ0) is 29.5. The Bertz CT molecular complexity index is 1710. The van der Waals surface area contributed by atoms with Gasteiger partial charge in [-0.2, -0.15) is 4.98 Å². The van der Waals surface area contributed by atoms with Crippen molar-refractivity contribution in [2.45, 2.75) is 57.1 Å². The molecule has 0 radical (unpaired) electrons. The smallest absolute Gasteiger partial charge is 0.263 e. The maximum absolute atomic E-state index is 15.3. The van der Waals surface area contributed by atoms with E-state index in [1.807, 2.05) is 18.2 Å². The van der Waals surface area contributed by atoms with Crippen LogP contribution >= 0.6 is 11.8 Å². The summed E-state index contributed by atoms with van der Waals surface area (Å²) in [5, 5.41) is 7.20. The number of anilines is 3. The second-order valence-electron chi connectivity index (χ2n) is 11.7. The van der Waals surface area contributed by atoms with Gasteiger partial charge in [-0.05, 0) is 56.2 Å². The minimum atomic E-state index is -0.342. The molecular weight excluding hydrogens is 551 g/mol. The first-order valence-electron chi connectivity index (χ1n) is 14.4. The molecule has 10 heteroatoms. The van der Waals surface area contributed by atoms with Crippen LogP contribution in [-0.2, 0) is 6.42 Å². The molecule has 1 fully saturated rings. The normalized spacial score (nSPS) is 20.5. The van der Waals surface area contributed by atoms with Crippen LogP contribution in [0.25, 0.3) is 11.0 Å². The van der Waals surface area contributed by atoms with E-state index < -0.39 is 0 Å². The van der Waals surface area contributed by atoms with E-state index in [4.69, 9.17) is 4.98 Å². The molecule has 0 spiro atoms. The largest absolute Gasteiger partial charge is 0.366 e. The standard InChI is InChI=1S/C32H35FN6O2S/c1-18(2)29(40)25-12-22-14-34-32(36-23-9-10-27(26(33)13-23)38-15-19(3)35-20(4)16-38)37-30(22)39(31(25)41)24-11-21-7-5-6-8-28(21)42-17-24/h5-10,12-14,18-20,24,35H,11,15-17H2,1-4H3,(H,34,36,37)/t19-,20+,24?. The highest BCUT2D eigenvalue weighted by molar-refractivity contribution is 7.99. The molecule has 2 aliphatic heterocycles. The molecule has 4 heterocycles. The molecule has 2 aliphatic rings. The Morgan fingerprint density at radius 2 is 1.88 bits per heavy atom. The average molecular weight is 587 g/mol. The number of fused-ring (bicyclic) bond motifs is 2. The van der Waals surface area contributed by atoms with Crippen LogP contribution < -0.4 is 21.1 Å². The minimum absolute atomic E-state index is 0.153. The topological polar surface area (TPSA) is 92.2 Å². The molecule has 2 N–H and O–H groups in total. The molecular formula is C32H35FN6O2S. The van der Waals surface area contributed by atoms with E-state index in [0.29, 0.717) is 34.6 Å². The number of benzene rings is 2. The minimum Gasteiger partial charge on any atom is -0.366 e. The third-order valence-corrected chi connectivity index (χ3v) is 9.15. The maximum Gasteiger partial charge on any atom is 0.263 e. The summed E-state index contributed by atoms with van der Waals surface area (Å²) < 4.78 is 17.0. The van der Waals surface area contributed by atoms with Gasteiger partial charge < -0.3 is 15.5 Å². The van der Waals surface area contributed by atoms with E-state index in [-0.39, 0.29) is 52.7 Å². The van der Waals surface area contributed by atoms with Gasteiger partial charge in [-0.1, -0.05) is 32.0 Å². The van der Waals surface area contributed by atoms with Gasteiger partial charge in [-0.25, -0.2) is 9.37 Å². The molecule has 1 saturated heterocycles. The van der Waals surface area contributed by atoms with Crippen LogP contribution in [0.1, 0.15) is 49.7 Å². The summed E-state index contributed by atoms with van der Waals surface area (Å²) in [5.74, 6) is 0.0734. The number of hydrogen-bond acceptors (Lipinski definition) is 8. The number of carbonyl (C=O) groups is 1. The summed E-state index contributed by atoms with van der Waals surface area (Å²) in [6.07, 6.45) is 2.27. The lowest BCUT2D eigenvalue weighted by molar-refractivity contribution is 0.0937. The number of Topliss-reactive ketones (excluding diaryl/α,β-unsaturated/α-hetero) is 1. The van der Waals surface area contributed by atoms with Crippen LogP contribution in [0.3, 0.4) is 0 Å². The quantitative estimate of drug-likeness (QED) is 0.283. The third kappa shape index (κ3) is 5.53. The van der Waals surface area contributed by atoms with Crippen molar-refractivity contribution in [3.05, 3.63) is 82.0 Å². The fraction of sp³-hybridized carbons (Fsp3) is 0.375. The van der Waals surface area contributed by atoms with E-state index in [2.05, 4.69) is 46.5 Å². The highest BCUT2D eigenvalue weighted by atomic mass is 32.2. The molecule has 2 aromatic carbocycles. The lowest BCUT2D eigenvalue weighted by atomic mass is 10.0. The van der Waals surface area contributed by atoms with Crippen LogP contribution in [0, 0.1) is 11.7 Å². The van der Waals surface area contributed by atoms with Crippen molar-refractivity contribution in [1.82, 2.24) is 19.9 Å². The first-order chi connectivity index (χ1) is 20.2. The second kappa shape index (κ2) is 11.5. The highest BCUT2D eigenvalue weighted by Gasteiger charge is 2.27. The van der Waals surface area contributed by atoms with Crippen LogP contribution in [0.2, 0.25) is 0 Å². The van der Waals surface area contributed by atoms with Gasteiger partial charge in [0, 0.05) is 59.0 Å². The number of ketones is 1. The molecule has 6 rings (SSSR count). The van der Waals surface area contributed by atoms with Gasteiger partial charge in [0.2, 0.25) is 5.95 Å². The van der Waals surface area contributed by atoms with Crippen LogP contribution in [0.4, 0.5) is 21.7 Å². The number of nitrogens with one attached hydrogen (secondary N) is 2. The molecule has 0 amide bonds. The zero-order valence-electron chi connectivity index (χ0n) is 24.2. The third-order valence-electron chi connectivity index (χ3n) is 7.89. The van der Waals surface area contributed by atoms with Gasteiger partial charge in [0.05, 0.1) is 17.3 Å². The summed E-state index contributed by atoms with van der Waals surface area (Å²) in [6, 6.07) is 15.2. The predicted octanol–water partition coefficient (Wildman–Crippen LogP) is 5.59. The van der Waals surface area contributed by atoms with Crippen molar-refractivity contribution in [3.63, 3.8) is 0 Å². The second-order valence-corrected chi connectivity index (χ2v) is 12.7. The Hall–Kier alpha value is -3.76. The number of pyridine rings is 1. The van der Waals surface area contributed by atoms with Gasteiger partial charge in [0.1, 0.15) is 11.5 Å². The van der Waals surface area contributed by atoms with Crippen molar-refractivity contribution >= 4 is 45.9 Å². The molecule has 0 aliphatic carbocycles. The monoisotopic (exact) mass is 586 g/mol. The average Bonchev–Trinajstić information content (AvgIpc) is 2.96. The molecule has 8 nitrogen and oxygen atoms in total. The van der Waals surface area contributed by atoms with E-state index in [9.17, 15) is 9.59 Å². The molecule has 3 atom stereocenters. The fourth-order valence-corrected chi connectivity index (χ4v) is 7.13. The number of carbonyl (C=O) groups excluding carboxylic acids is 1. The Morgan fingerprint density at radius 1 is 1.12 bits per heavy atom. The van der Waals surface area contributed by atoms with Crippen LogP contribution in [-0.4, -0.2) is 51.2 Å². The number of aromatic nitrogens is 3. The number of halogens is 1. The van der Waals surface area contributed by atoms with Crippen molar-refractivity contribution in [1.29, 1.82) is 0 Å². The first kappa shape index (κ1) is 28.4. The van der Waals surface area contributed by atoms with E-state index in [1.165, 1.54) is 11.0 Å². The lowest BCUT2D eigenvalue weighted by Gasteiger charge is -2.37. The molecule has 0 saturated carbocycles. The van der Waals surface area contributed by atoms with E-state index in [1.54, 1.807) is 48.5 Å². The molecule has 2 aromatic heterocycles. The molecule has 218 valence electrons. The summed E-state index contributed by atoms with van der Waals surface area (Å²) in [7, 11) is 0. The van der Waals surface area contributed by atoms with Crippen molar-refractivity contribution in [2.75, 3.05) is 29.1 Å². The van der Waals surface area contributed by atoms with Gasteiger partial charge in [0.25, 0.3) is 5.56 Å². The fourth-order valence-electron chi connectivity index (χ4n) is 5.98. The molecule has 4 aromatic rings. The van der Waals surface area contributed by atoms with Crippen LogP contribution in [0.15, 0.2) is 64.4 Å². The van der Waals surface area contributed by atoms with Crippen molar-refractivity contribution in [3.8, 4) is 0 Å². The Labute approximate surface area is 248 Å². The number of piperazine rings is 1. The maximum atomic E-state index is 15.3. The predicted molar refractivity (Wildman–Crippen MR) is 167 cm³/mol. The van der Waals surface area contributed by atoms with Gasteiger partial charge in [0.15, 0.2) is 5.78 Å².